The van der Waals surface area contributed by atoms with Crippen LogP contribution >= 0.6 is 15.9 Å². The van der Waals surface area contributed by atoms with Crippen LogP contribution in [0.15, 0.2) is 40.9 Å². The van der Waals surface area contributed by atoms with Gasteiger partial charge in [-0.2, -0.15) is 0 Å². The molecule has 5 heteroatoms. The molecule has 104 valence electrons. The number of anilines is 1. The van der Waals surface area contributed by atoms with Gasteiger partial charge in [-0.3, -0.25) is 4.79 Å². The second-order valence-corrected chi connectivity index (χ2v) is 6.23. The Balaban J connectivity index is 1.78. The molecule has 1 N–H and O–H groups in total. The Morgan fingerprint density at radius 3 is 2.30 bits per heavy atom. The van der Waals surface area contributed by atoms with Gasteiger partial charge in [0.15, 0.2) is 0 Å². The van der Waals surface area contributed by atoms with Crippen LogP contribution in [0.3, 0.4) is 0 Å². The maximum atomic E-state index is 12.4. The van der Waals surface area contributed by atoms with Crippen molar-refractivity contribution in [2.75, 3.05) is 5.32 Å². The molecule has 3 rings (SSSR count). The van der Waals surface area contributed by atoms with E-state index >= 15 is 0 Å². The zero-order valence-corrected chi connectivity index (χ0v) is 12.2. The van der Waals surface area contributed by atoms with Gasteiger partial charge in [-0.05, 0) is 42.5 Å². The number of amides is 1. The van der Waals surface area contributed by atoms with Crippen molar-refractivity contribution < 1.29 is 14.7 Å². The molecule has 0 unspecified atom stereocenters. The molecule has 1 aromatic carbocycles. The summed E-state index contributed by atoms with van der Waals surface area (Å²) >= 11 is 3.33. The van der Waals surface area contributed by atoms with Crippen molar-refractivity contribution in [1.29, 1.82) is 0 Å². The minimum absolute atomic E-state index is 0.0124. The molecule has 2 aliphatic carbocycles. The third-order valence-electron chi connectivity index (χ3n) is 4.15. The number of hydrogen-bond acceptors (Lipinski definition) is 3. The van der Waals surface area contributed by atoms with E-state index in [4.69, 9.17) is 0 Å². The van der Waals surface area contributed by atoms with Gasteiger partial charge >= 0.3 is 0 Å². The molecule has 0 radical (unpaired) electrons. The van der Waals surface area contributed by atoms with E-state index in [9.17, 15) is 14.7 Å². The highest BCUT2D eigenvalue weighted by Crippen LogP contribution is 2.48. The van der Waals surface area contributed by atoms with Crippen LogP contribution in [0.25, 0.3) is 0 Å². The summed E-state index contributed by atoms with van der Waals surface area (Å²) in [6.07, 6.45) is 4.58. The van der Waals surface area contributed by atoms with Gasteiger partial charge in [0.1, 0.15) is 0 Å². The van der Waals surface area contributed by atoms with Gasteiger partial charge in [-0.1, -0.05) is 28.1 Å². The third-order valence-corrected chi connectivity index (χ3v) is 4.67. The summed E-state index contributed by atoms with van der Waals surface area (Å²) in [7, 11) is 0. The number of halogens is 1. The molecule has 2 aliphatic rings. The summed E-state index contributed by atoms with van der Waals surface area (Å²) in [6, 6.07) is 7.21. The fourth-order valence-corrected chi connectivity index (χ4v) is 3.52. The highest BCUT2D eigenvalue weighted by molar-refractivity contribution is 9.10. The number of nitrogens with one attached hydrogen (secondary N) is 1. The molecule has 1 aromatic rings. The van der Waals surface area contributed by atoms with Gasteiger partial charge in [0.2, 0.25) is 5.91 Å². The highest BCUT2D eigenvalue weighted by Gasteiger charge is 2.48. The Kier molecular flexibility index (Phi) is 3.38. The highest BCUT2D eigenvalue weighted by atomic mass is 79.9. The van der Waals surface area contributed by atoms with Gasteiger partial charge in [0.05, 0.1) is 5.92 Å². The Morgan fingerprint density at radius 1 is 1.10 bits per heavy atom. The zero-order chi connectivity index (χ0) is 14.3. The van der Waals surface area contributed by atoms with Crippen molar-refractivity contribution in [1.82, 2.24) is 0 Å². The van der Waals surface area contributed by atoms with Gasteiger partial charge in [0, 0.05) is 22.0 Å². The summed E-state index contributed by atoms with van der Waals surface area (Å²) in [5, 5.41) is 14.1. The van der Waals surface area contributed by atoms with Crippen LogP contribution in [-0.2, 0) is 9.59 Å². The van der Waals surface area contributed by atoms with Crippen LogP contribution in [-0.4, -0.2) is 11.9 Å². The normalized spacial score (nSPS) is 30.4. The molecule has 0 spiro atoms. The average Bonchev–Trinajstić information content (AvgIpc) is 3.01. The number of fused-ring (bicyclic) bond motifs is 2. The zero-order valence-electron chi connectivity index (χ0n) is 10.6. The third kappa shape index (κ3) is 2.26. The molecular formula is C15H13BrNO3-. The van der Waals surface area contributed by atoms with Crippen molar-refractivity contribution in [3.8, 4) is 0 Å². The first-order valence-corrected chi connectivity index (χ1v) is 7.31. The molecule has 0 saturated heterocycles. The molecule has 0 heterocycles. The molecule has 20 heavy (non-hydrogen) atoms. The van der Waals surface area contributed by atoms with E-state index in [1.54, 1.807) is 12.1 Å². The lowest BCUT2D eigenvalue weighted by Gasteiger charge is -2.27. The molecule has 1 saturated carbocycles. The van der Waals surface area contributed by atoms with Gasteiger partial charge < -0.3 is 15.2 Å². The van der Waals surface area contributed by atoms with Crippen molar-refractivity contribution >= 4 is 33.5 Å². The lowest BCUT2D eigenvalue weighted by molar-refractivity contribution is -0.313. The predicted octanol–water partition coefficient (Wildman–Crippen LogP) is 1.58. The minimum Gasteiger partial charge on any atom is -0.550 e. The Hall–Kier alpha value is -1.62. The lowest BCUT2D eigenvalue weighted by atomic mass is 9.82. The molecule has 1 amide bonds. The van der Waals surface area contributed by atoms with Crippen molar-refractivity contribution in [3.05, 3.63) is 40.9 Å². The monoisotopic (exact) mass is 334 g/mol. The number of rotatable bonds is 3. The molecule has 2 bridgehead atoms. The minimum atomic E-state index is -1.13. The van der Waals surface area contributed by atoms with Crippen molar-refractivity contribution in [2.45, 2.75) is 6.42 Å². The predicted molar refractivity (Wildman–Crippen MR) is 75.5 cm³/mol. The van der Waals surface area contributed by atoms with E-state index in [2.05, 4.69) is 21.2 Å². The molecule has 1 fully saturated rings. The van der Waals surface area contributed by atoms with E-state index in [1.165, 1.54) is 0 Å². The molecule has 4 atom stereocenters. The van der Waals surface area contributed by atoms with E-state index in [0.717, 1.165) is 10.9 Å². The first-order chi connectivity index (χ1) is 9.56. The first-order valence-electron chi connectivity index (χ1n) is 6.52. The van der Waals surface area contributed by atoms with Crippen LogP contribution < -0.4 is 10.4 Å². The Morgan fingerprint density at radius 2 is 1.70 bits per heavy atom. The number of aliphatic carboxylic acids is 1. The number of carboxylic acid groups (broad SMARTS) is 1. The standard InChI is InChI=1S/C15H14BrNO3/c16-10-3-5-11(6-4-10)17-14(18)12-8-1-2-9(7-8)13(12)15(19)20/h1-6,8-9,12-13H,7H2,(H,17,18)(H,19,20)/p-1/t8-,9-,12+,13-/m0/s1. The molecule has 4 nitrogen and oxygen atoms in total. The average molecular weight is 335 g/mol. The summed E-state index contributed by atoms with van der Waals surface area (Å²) in [5.41, 5.74) is 0.669. The number of hydrogen-bond donors (Lipinski definition) is 1. The quantitative estimate of drug-likeness (QED) is 0.853. The van der Waals surface area contributed by atoms with Gasteiger partial charge in [-0.25, -0.2) is 0 Å². The topological polar surface area (TPSA) is 69.2 Å². The van der Waals surface area contributed by atoms with Crippen LogP contribution in [0.4, 0.5) is 5.69 Å². The smallest absolute Gasteiger partial charge is 0.228 e. The second kappa shape index (κ2) is 5.05. The second-order valence-electron chi connectivity index (χ2n) is 5.32. The summed E-state index contributed by atoms with van der Waals surface area (Å²) in [4.78, 5) is 23.6. The van der Waals surface area contributed by atoms with Crippen molar-refractivity contribution in [2.24, 2.45) is 23.7 Å². The summed E-state index contributed by atoms with van der Waals surface area (Å²) in [6.45, 7) is 0. The maximum absolute atomic E-state index is 12.4. The fraction of sp³-hybridized carbons (Fsp3) is 0.333. The van der Waals surface area contributed by atoms with Gasteiger partial charge in [-0.15, -0.1) is 0 Å². The Labute approximate surface area is 125 Å². The van der Waals surface area contributed by atoms with Crippen LogP contribution in [0.2, 0.25) is 0 Å². The summed E-state index contributed by atoms with van der Waals surface area (Å²) < 4.78 is 0.922. The number of carboxylic acids is 1. The van der Waals surface area contributed by atoms with E-state index in [1.807, 2.05) is 24.3 Å². The molecule has 0 aliphatic heterocycles. The van der Waals surface area contributed by atoms with Crippen LogP contribution in [0.5, 0.6) is 0 Å². The van der Waals surface area contributed by atoms with E-state index in [0.29, 0.717) is 5.69 Å². The molecular weight excluding hydrogens is 322 g/mol. The maximum Gasteiger partial charge on any atom is 0.228 e. The molecule has 0 aromatic heterocycles. The van der Waals surface area contributed by atoms with Crippen molar-refractivity contribution in [3.63, 3.8) is 0 Å². The number of benzene rings is 1. The number of carbonyl (C=O) groups is 2. The van der Waals surface area contributed by atoms with Crippen LogP contribution in [0.1, 0.15) is 6.42 Å². The first kappa shape index (κ1) is 13.4. The van der Waals surface area contributed by atoms with E-state index in [-0.39, 0.29) is 17.7 Å². The number of allylic oxidation sites excluding steroid dienone is 2. The number of carbonyl (C=O) groups excluding carboxylic acids is 2. The summed E-state index contributed by atoms with van der Waals surface area (Å²) in [5.74, 6) is -2.65. The lowest BCUT2D eigenvalue weighted by Crippen LogP contribution is -2.42. The van der Waals surface area contributed by atoms with Crippen LogP contribution in [0, 0.1) is 23.7 Å². The Bertz CT molecular complexity index is 581. The van der Waals surface area contributed by atoms with E-state index < -0.39 is 17.8 Å². The fourth-order valence-electron chi connectivity index (χ4n) is 3.26. The largest absolute Gasteiger partial charge is 0.550 e. The SMILES string of the molecule is O=C([O-])[C@@H]1[C@H](C(=O)Nc2ccc(Br)cc2)[C@H]2C=C[C@H]1C2. The van der Waals surface area contributed by atoms with Gasteiger partial charge in [0.25, 0.3) is 0 Å².